The quantitative estimate of drug-likeness (QED) is 0.145. The molecule has 3 aromatic carbocycles. The molecular weight excluding hydrogens is 684 g/mol. The number of aromatic nitrogens is 2. The Morgan fingerprint density at radius 1 is 0.896 bits per heavy atom. The molecule has 5 rings (SSSR count). The van der Waals surface area contributed by atoms with E-state index in [0.717, 1.165) is 30.6 Å². The summed E-state index contributed by atoms with van der Waals surface area (Å²) in [5, 5.41) is 2.29. The highest BCUT2D eigenvalue weighted by Gasteiger charge is 2.24. The predicted octanol–water partition coefficient (Wildman–Crippen LogP) is 11.1. The van der Waals surface area contributed by atoms with Gasteiger partial charge in [0.25, 0.3) is 0 Å². The van der Waals surface area contributed by atoms with Crippen molar-refractivity contribution in [3.05, 3.63) is 122 Å². The lowest BCUT2D eigenvalue weighted by molar-refractivity contribution is -0.0708. The molecule has 0 aliphatic carbocycles. The molecule has 4 atom stereocenters. The molecule has 5 nitrogen and oxygen atoms in total. The number of hydrogen-bond donors (Lipinski definition) is 0. The first kappa shape index (κ1) is 38.7. The molecule has 0 saturated carbocycles. The summed E-state index contributed by atoms with van der Waals surface area (Å²) in [6, 6.07) is 20.0. The minimum absolute atomic E-state index is 0.282. The van der Waals surface area contributed by atoms with Crippen molar-refractivity contribution in [3.8, 4) is 0 Å². The molecular formula is C39H49Cl4N3O2. The Bertz CT molecular complexity index is 1550. The Balaban J connectivity index is 0.000000218. The van der Waals surface area contributed by atoms with Crippen LogP contribution in [0.4, 0.5) is 0 Å². The molecule has 1 saturated heterocycles. The maximum atomic E-state index is 6.37. The van der Waals surface area contributed by atoms with E-state index in [9.17, 15) is 0 Å². The van der Waals surface area contributed by atoms with E-state index in [0.29, 0.717) is 51.4 Å². The number of ether oxygens (including phenoxy) is 2. The average molecular weight is 734 g/mol. The maximum absolute atomic E-state index is 6.37. The zero-order chi connectivity index (χ0) is 34.8. The molecule has 4 aromatic rings. The van der Waals surface area contributed by atoms with Gasteiger partial charge in [-0.05, 0) is 79.0 Å². The second-order valence-corrected chi connectivity index (χ2v) is 15.4. The number of rotatable bonds is 12. The molecule has 1 aromatic heterocycles. The van der Waals surface area contributed by atoms with Gasteiger partial charge in [-0.25, -0.2) is 4.98 Å². The predicted molar refractivity (Wildman–Crippen MR) is 202 cm³/mol. The van der Waals surface area contributed by atoms with Gasteiger partial charge in [0.2, 0.25) is 0 Å². The number of hydrogen-bond acceptors (Lipinski definition) is 4. The Kier molecular flexibility index (Phi) is 14.7. The fourth-order valence-corrected chi connectivity index (χ4v) is 7.05. The van der Waals surface area contributed by atoms with E-state index in [1.54, 1.807) is 36.8 Å². The van der Waals surface area contributed by atoms with Gasteiger partial charge in [0.05, 0.1) is 31.7 Å². The smallest absolute Gasteiger partial charge is 0.102 e. The Morgan fingerprint density at radius 2 is 1.54 bits per heavy atom. The van der Waals surface area contributed by atoms with Gasteiger partial charge in [0, 0.05) is 57.7 Å². The Hall–Kier alpha value is -2.09. The number of morpholine rings is 1. The summed E-state index contributed by atoms with van der Waals surface area (Å²) in [7, 11) is 0. The minimum Gasteiger partial charge on any atom is -0.373 e. The minimum atomic E-state index is -0.286. The molecule has 0 bridgehead atoms. The van der Waals surface area contributed by atoms with Crippen LogP contribution in [0.25, 0.3) is 0 Å². The standard InChI is InChI=1S/C21H35NO.C18H14Cl4N2O/c1-7-21(5,6)20-10-8-19(9-11-20)12-16(2)13-22-14-17(3)23-18(4)15-22;19-13-2-1-12(16(21)7-13)10-25-18(9-24-6-5-23-11-24)15-4-3-14(20)8-17(15)22/h8-11,16-18H,7,12-15H2,1-6H3;1-8,11,18H,9-10H2/t16?,17-,18+;. The normalized spacial score (nSPS) is 18.2. The van der Waals surface area contributed by atoms with Crippen LogP contribution < -0.4 is 0 Å². The third-order valence-corrected chi connectivity index (χ3v) is 10.1. The van der Waals surface area contributed by atoms with Crippen molar-refractivity contribution in [2.24, 2.45) is 5.92 Å². The van der Waals surface area contributed by atoms with Crippen LogP contribution >= 0.6 is 46.4 Å². The molecule has 260 valence electrons. The summed E-state index contributed by atoms with van der Waals surface area (Å²) in [4.78, 5) is 6.63. The molecule has 48 heavy (non-hydrogen) atoms. The monoisotopic (exact) mass is 731 g/mol. The van der Waals surface area contributed by atoms with E-state index in [-0.39, 0.29) is 11.5 Å². The van der Waals surface area contributed by atoms with Crippen LogP contribution in [-0.4, -0.2) is 46.3 Å². The van der Waals surface area contributed by atoms with Gasteiger partial charge in [-0.3, -0.25) is 4.90 Å². The number of benzene rings is 3. The van der Waals surface area contributed by atoms with Gasteiger partial charge in [-0.1, -0.05) is 110 Å². The summed E-state index contributed by atoms with van der Waals surface area (Å²) in [5.41, 5.74) is 4.90. The molecule has 1 aliphatic rings. The van der Waals surface area contributed by atoms with Crippen LogP contribution in [0.2, 0.25) is 20.1 Å². The van der Waals surface area contributed by atoms with Gasteiger partial charge in [0.1, 0.15) is 6.10 Å². The number of halogens is 4. The lowest BCUT2D eigenvalue weighted by Crippen LogP contribution is -2.47. The Labute approximate surface area is 307 Å². The van der Waals surface area contributed by atoms with E-state index < -0.39 is 0 Å². The van der Waals surface area contributed by atoms with Crippen molar-refractivity contribution < 1.29 is 9.47 Å². The highest BCUT2D eigenvalue weighted by Crippen LogP contribution is 2.32. The average Bonchev–Trinajstić information content (AvgIpc) is 3.53. The highest BCUT2D eigenvalue weighted by atomic mass is 35.5. The summed E-state index contributed by atoms with van der Waals surface area (Å²) >= 11 is 24.5. The Morgan fingerprint density at radius 3 is 2.12 bits per heavy atom. The fraction of sp³-hybridized carbons (Fsp3) is 0.462. The first-order chi connectivity index (χ1) is 22.8. The second kappa shape index (κ2) is 18.2. The first-order valence-corrected chi connectivity index (χ1v) is 18.3. The van der Waals surface area contributed by atoms with Crippen LogP contribution in [0, 0.1) is 5.92 Å². The summed E-state index contributed by atoms with van der Waals surface area (Å²) in [6.07, 6.45) is 8.10. The lowest BCUT2D eigenvalue weighted by atomic mass is 9.82. The molecule has 2 unspecified atom stereocenters. The van der Waals surface area contributed by atoms with Crippen molar-refractivity contribution in [3.63, 3.8) is 0 Å². The van der Waals surface area contributed by atoms with E-state index in [2.05, 4.69) is 75.7 Å². The molecule has 0 radical (unpaired) electrons. The maximum Gasteiger partial charge on any atom is 0.102 e. The molecule has 0 amide bonds. The third kappa shape index (κ3) is 11.8. The van der Waals surface area contributed by atoms with Crippen LogP contribution in [0.3, 0.4) is 0 Å². The van der Waals surface area contributed by atoms with E-state index in [1.165, 1.54) is 24.1 Å². The molecule has 2 heterocycles. The van der Waals surface area contributed by atoms with Crippen molar-refractivity contribution in [2.45, 2.75) is 91.3 Å². The van der Waals surface area contributed by atoms with Crippen molar-refractivity contribution in [1.29, 1.82) is 0 Å². The van der Waals surface area contributed by atoms with Gasteiger partial charge in [0.15, 0.2) is 0 Å². The summed E-state index contributed by atoms with van der Waals surface area (Å²) in [6.45, 7) is 17.8. The van der Waals surface area contributed by atoms with Gasteiger partial charge in [-0.2, -0.15) is 0 Å². The molecule has 1 fully saturated rings. The van der Waals surface area contributed by atoms with Gasteiger partial charge < -0.3 is 14.0 Å². The zero-order valence-electron chi connectivity index (χ0n) is 28.9. The second-order valence-electron chi connectivity index (χ2n) is 13.7. The van der Waals surface area contributed by atoms with Crippen LogP contribution in [-0.2, 0) is 34.5 Å². The molecule has 0 N–H and O–H groups in total. The topological polar surface area (TPSA) is 39.5 Å². The highest BCUT2D eigenvalue weighted by molar-refractivity contribution is 6.35. The van der Waals surface area contributed by atoms with Crippen LogP contribution in [0.1, 0.15) is 76.3 Å². The fourth-order valence-electron chi connectivity index (χ4n) is 6.06. The van der Waals surface area contributed by atoms with Gasteiger partial charge in [-0.15, -0.1) is 0 Å². The number of imidazole rings is 1. The largest absolute Gasteiger partial charge is 0.373 e. The van der Waals surface area contributed by atoms with E-state index in [1.807, 2.05) is 22.9 Å². The summed E-state index contributed by atoms with van der Waals surface area (Å²) in [5.74, 6) is 0.678. The van der Waals surface area contributed by atoms with Crippen LogP contribution in [0.5, 0.6) is 0 Å². The molecule has 0 spiro atoms. The van der Waals surface area contributed by atoms with Gasteiger partial charge >= 0.3 is 0 Å². The third-order valence-electron chi connectivity index (χ3n) is 8.97. The summed E-state index contributed by atoms with van der Waals surface area (Å²) < 4.78 is 13.9. The van der Waals surface area contributed by atoms with E-state index in [4.69, 9.17) is 55.9 Å². The van der Waals surface area contributed by atoms with Crippen LogP contribution in [0.15, 0.2) is 79.4 Å². The number of nitrogens with zero attached hydrogens (tertiary/aromatic N) is 3. The molecule has 1 aliphatic heterocycles. The van der Waals surface area contributed by atoms with Crippen molar-refractivity contribution in [2.75, 3.05) is 19.6 Å². The SMILES string of the molecule is CCC(C)(C)c1ccc(CC(C)CN2C[C@@H](C)O[C@@H](C)C2)cc1.Clc1ccc(COC(Cn2ccnc2)c2ccc(Cl)cc2Cl)c(Cl)c1. The zero-order valence-corrected chi connectivity index (χ0v) is 32.0. The first-order valence-electron chi connectivity index (χ1n) is 16.8. The van der Waals surface area contributed by atoms with Crippen molar-refractivity contribution >= 4 is 46.4 Å². The van der Waals surface area contributed by atoms with Crippen molar-refractivity contribution in [1.82, 2.24) is 14.5 Å². The van der Waals surface area contributed by atoms with E-state index >= 15 is 0 Å². The molecule has 9 heteroatoms. The lowest BCUT2D eigenvalue weighted by Gasteiger charge is -2.36.